The number of aromatic nitrogens is 3. The molecular formula is C63H62N3OPt-. The van der Waals surface area contributed by atoms with Crippen molar-refractivity contribution in [1.29, 1.82) is 0 Å². The van der Waals surface area contributed by atoms with E-state index >= 15 is 0 Å². The second-order valence-corrected chi connectivity index (χ2v) is 19.4. The van der Waals surface area contributed by atoms with Crippen LogP contribution in [0.15, 0.2) is 152 Å². The zero-order valence-electron chi connectivity index (χ0n) is 55.2. The first-order valence-corrected chi connectivity index (χ1v) is 22.2. The van der Waals surface area contributed by atoms with Gasteiger partial charge in [-0.15, -0.1) is 23.8 Å². The Kier molecular flexibility index (Phi) is 8.51. The van der Waals surface area contributed by atoms with Crippen LogP contribution >= 0.6 is 0 Å². The van der Waals surface area contributed by atoms with Gasteiger partial charge in [0.15, 0.2) is 0 Å². The van der Waals surface area contributed by atoms with Gasteiger partial charge in [-0.25, -0.2) is 4.98 Å². The summed E-state index contributed by atoms with van der Waals surface area (Å²) < 4.78 is 140. The molecule has 0 aliphatic rings. The predicted octanol–water partition coefficient (Wildman–Crippen LogP) is 16.7. The van der Waals surface area contributed by atoms with E-state index in [0.29, 0.717) is 55.7 Å². The summed E-state index contributed by atoms with van der Waals surface area (Å²) in [5.41, 5.74) is 4.25. The van der Waals surface area contributed by atoms with Crippen LogP contribution in [0.1, 0.15) is 117 Å². The number of benzene rings is 7. The maximum absolute atomic E-state index is 11.9. The van der Waals surface area contributed by atoms with Crippen molar-refractivity contribution in [2.75, 3.05) is 0 Å². The van der Waals surface area contributed by atoms with Gasteiger partial charge in [-0.1, -0.05) is 182 Å². The molecule has 68 heavy (non-hydrogen) atoms. The van der Waals surface area contributed by atoms with E-state index in [-0.39, 0.29) is 65.9 Å². The molecule has 9 rings (SSSR count). The summed E-state index contributed by atoms with van der Waals surface area (Å²) in [6, 6.07) is 36.6. The van der Waals surface area contributed by atoms with Crippen molar-refractivity contribution in [2.24, 2.45) is 0 Å². The van der Waals surface area contributed by atoms with Crippen LogP contribution in [0.25, 0.3) is 83.9 Å². The summed E-state index contributed by atoms with van der Waals surface area (Å²) in [4.78, 5) is 10.00. The first-order chi connectivity index (χ1) is 38.4. The van der Waals surface area contributed by atoms with Crippen molar-refractivity contribution < 1.29 is 48.1 Å². The van der Waals surface area contributed by atoms with Crippen molar-refractivity contribution in [2.45, 2.75) is 99.0 Å². The van der Waals surface area contributed by atoms with Crippen LogP contribution in [-0.2, 0) is 37.3 Å². The number of rotatable bonds is 7. The fraction of sp³-hybridized carbons (Fsp3) is 0.238. The minimum absolute atomic E-state index is 0. The molecule has 2 aromatic heterocycles. The van der Waals surface area contributed by atoms with Gasteiger partial charge in [0.2, 0.25) is 0 Å². The zero-order valence-corrected chi connectivity index (χ0v) is 41.5. The molecule has 0 bridgehead atoms. The van der Waals surface area contributed by atoms with E-state index < -0.39 is 62.6 Å². The number of hydrogen-bond donors (Lipinski definition) is 1. The first-order valence-electron chi connectivity index (χ1n) is 30.2. The minimum Gasteiger partial charge on any atom is -0.507 e. The van der Waals surface area contributed by atoms with Gasteiger partial charge in [-0.2, -0.15) is 0 Å². The topological polar surface area (TPSA) is 50.9 Å². The number of pyridine rings is 1. The van der Waals surface area contributed by atoms with Crippen molar-refractivity contribution >= 4 is 11.0 Å². The number of nitrogens with zero attached hydrogens (tertiary/aromatic N) is 3. The quantitative estimate of drug-likeness (QED) is 0.162. The van der Waals surface area contributed by atoms with Gasteiger partial charge in [0.1, 0.15) is 11.6 Å². The van der Waals surface area contributed by atoms with Crippen LogP contribution in [0.2, 0.25) is 0 Å². The van der Waals surface area contributed by atoms with Gasteiger partial charge < -0.3 is 5.11 Å². The van der Waals surface area contributed by atoms with Crippen LogP contribution in [0.3, 0.4) is 0 Å². The number of phenolic OH excluding ortho intramolecular Hbond substituents is 1. The van der Waals surface area contributed by atoms with E-state index in [1.54, 1.807) is 23.6 Å². The molecule has 0 amide bonds. The summed E-state index contributed by atoms with van der Waals surface area (Å²) in [6.45, 7) is 2.40. The third kappa shape index (κ3) is 9.54. The average Bonchev–Trinajstić information content (AvgIpc) is 0.828. The van der Waals surface area contributed by atoms with E-state index in [9.17, 15) is 5.11 Å². The smallest absolute Gasteiger partial charge is 0.148 e. The molecule has 0 aliphatic heterocycles. The van der Waals surface area contributed by atoms with Crippen LogP contribution in [0.5, 0.6) is 5.75 Å². The third-order valence-electron chi connectivity index (χ3n) is 12.2. The number of fused-ring (bicyclic) bond motifs is 1. The van der Waals surface area contributed by atoms with Crippen molar-refractivity contribution in [3.63, 3.8) is 0 Å². The van der Waals surface area contributed by atoms with Crippen LogP contribution < -0.4 is 0 Å². The van der Waals surface area contributed by atoms with Crippen LogP contribution in [0, 0.1) is 26.8 Å². The molecule has 0 aliphatic carbocycles. The molecular weight excluding hydrogens is 1010 g/mol. The Bertz CT molecular complexity index is 3940. The molecule has 0 radical (unpaired) electrons. The zero-order chi connectivity index (χ0) is 61.1. The monoisotopic (exact) mass is 1090 g/mol. The first kappa shape index (κ1) is 31.6. The van der Waals surface area contributed by atoms with Crippen LogP contribution in [-0.4, -0.2) is 19.6 Å². The molecule has 2 heterocycles. The number of imidazole rings is 1. The van der Waals surface area contributed by atoms with E-state index in [1.807, 2.05) is 85.8 Å². The normalized spacial score (nSPS) is 16.2. The molecule has 4 nitrogen and oxygen atoms in total. The van der Waals surface area contributed by atoms with Gasteiger partial charge in [0.25, 0.3) is 0 Å². The second-order valence-electron chi connectivity index (χ2n) is 19.4. The molecule has 0 fully saturated rings. The molecule has 1 N–H and O–H groups in total. The molecule has 0 saturated carbocycles. The Morgan fingerprint density at radius 3 is 1.93 bits per heavy atom. The fourth-order valence-corrected chi connectivity index (χ4v) is 8.47. The molecule has 7 aromatic carbocycles. The van der Waals surface area contributed by atoms with Gasteiger partial charge in [0.05, 0.1) is 27.8 Å². The summed E-state index contributed by atoms with van der Waals surface area (Å²) in [5.74, 6) is 0.233. The van der Waals surface area contributed by atoms with E-state index in [0.717, 1.165) is 27.8 Å². The number of hydrogen-bond acceptors (Lipinski definition) is 3. The Morgan fingerprint density at radius 2 is 1.25 bits per heavy atom. The van der Waals surface area contributed by atoms with Gasteiger partial charge in [-0.3, -0.25) is 9.55 Å². The molecule has 0 spiro atoms. The second kappa shape index (κ2) is 18.3. The summed E-state index contributed by atoms with van der Waals surface area (Å²) >= 11 is 0. The molecule has 0 saturated heterocycles. The number of aromatic hydroxyl groups is 1. The number of phenols is 1. The fourth-order valence-electron chi connectivity index (χ4n) is 8.47. The van der Waals surface area contributed by atoms with Crippen molar-refractivity contribution in [1.82, 2.24) is 14.5 Å². The Labute approximate surface area is 441 Å². The molecule has 346 valence electrons. The van der Waals surface area contributed by atoms with Gasteiger partial charge in [0, 0.05) is 49.4 Å². The van der Waals surface area contributed by atoms with Gasteiger partial charge >= 0.3 is 0 Å². The largest absolute Gasteiger partial charge is 0.507 e. The standard InChI is InChI=1S/C63H62N3O.Pt/c1-39-29-41(3)59(67)54(30-39)60-65-58-53(19-16-20-57(58)66(60)56-26-23-44(31-40(56)2)47-35-51(62(7,8)9)38-52(36-47)63(10,11)12)48-32-46(42-17-14-13-15-18-42)33-49(34-48)55-37-45(27-28-64-55)43-21-24-50(25-22-43)61(4,5)6;/h13-33,35-38,67H,1-12H3;/q-1;/i2D3,4D3,5D3,6D3,21D,22D,24D,25D;. The number of para-hydroxylation sites is 1. The SMILES string of the molecule is [2H]c1c([2H])c(C(C([2H])([2H])[2H])(C([2H])([2H])[2H])C([2H])([2H])[2H])c([2H])c([2H])c1-c1ccnc(-c2[c-]c(-c3cccc4c3nc(-c3cc(C)cc(C)c3O)n4-c3ccc(-c4cc(C(C)(C)C)cc(C(C)(C)C)c4)cc3C([2H])([2H])[2H])cc(-c3ccccc3)c2)c1.[Pt]. The molecule has 5 heteroatoms. The maximum atomic E-state index is 11.9. The van der Waals surface area contributed by atoms with E-state index in [2.05, 4.69) is 70.8 Å². The summed E-state index contributed by atoms with van der Waals surface area (Å²) in [7, 11) is 0. The predicted molar refractivity (Wildman–Crippen MR) is 282 cm³/mol. The third-order valence-corrected chi connectivity index (χ3v) is 12.2. The Morgan fingerprint density at radius 1 is 0.574 bits per heavy atom. The van der Waals surface area contributed by atoms with Crippen LogP contribution in [0.4, 0.5) is 0 Å². The summed E-state index contributed by atoms with van der Waals surface area (Å²) in [5, 5.41) is 11.9. The van der Waals surface area contributed by atoms with Crippen molar-refractivity contribution in [3.05, 3.63) is 191 Å². The van der Waals surface area contributed by atoms with E-state index in [1.165, 1.54) is 18.3 Å². The summed E-state index contributed by atoms with van der Waals surface area (Å²) in [6.07, 6.45) is 1.37. The Balaban J connectivity index is 0.00000920. The number of aryl methyl sites for hydroxylation is 3. The van der Waals surface area contributed by atoms with E-state index in [4.69, 9.17) is 26.9 Å². The Hall–Kier alpha value is -6.35. The molecule has 9 aromatic rings. The minimum atomic E-state index is -3.84. The van der Waals surface area contributed by atoms with Gasteiger partial charge in [-0.05, 0) is 128 Å². The van der Waals surface area contributed by atoms with Crippen molar-refractivity contribution in [3.8, 4) is 78.6 Å². The molecule has 0 unspecified atom stereocenters. The molecule has 0 atom stereocenters. The maximum Gasteiger partial charge on any atom is 0.148 e. The average molecular weight is 1090 g/mol.